The van der Waals surface area contributed by atoms with Crippen molar-refractivity contribution in [2.45, 2.75) is 45.3 Å². The van der Waals surface area contributed by atoms with Gasteiger partial charge in [0.15, 0.2) is 0 Å². The van der Waals surface area contributed by atoms with Gasteiger partial charge in [0, 0.05) is 13.1 Å². The van der Waals surface area contributed by atoms with Crippen LogP contribution in [0.5, 0.6) is 0 Å². The fourth-order valence-corrected chi connectivity index (χ4v) is 1.72. The monoisotopic (exact) mass is 276 g/mol. The van der Waals surface area contributed by atoms with Crippen molar-refractivity contribution in [3.8, 4) is 0 Å². The predicted octanol–water partition coefficient (Wildman–Crippen LogP) is 2.88. The third-order valence-corrected chi connectivity index (χ3v) is 3.11. The number of nitrogens with zero attached hydrogens (tertiary/aromatic N) is 1. The van der Waals surface area contributed by atoms with Crippen LogP contribution in [0, 0.1) is 5.92 Å². The Morgan fingerprint density at radius 3 is 1.89 bits per heavy atom. The summed E-state index contributed by atoms with van der Waals surface area (Å²) in [6.07, 6.45) is -4.86. The Kier molecular flexibility index (Phi) is 6.50. The topological polar surface area (TPSA) is 29.3 Å². The molecular weight excluding hydrogens is 255 g/mol. The molecule has 0 amide bonds. The van der Waals surface area contributed by atoms with E-state index in [0.29, 0.717) is 6.42 Å². The number of hydrogen-bond acceptors (Lipinski definition) is 2. The van der Waals surface area contributed by atoms with Crippen LogP contribution in [0.15, 0.2) is 0 Å². The number of rotatable bonds is 7. The smallest absolute Gasteiger partial charge is 0.329 e. The SMILES string of the molecule is CCC(C)CN(CC)C(CN)C(F)(F)C(F)(F)F. The summed E-state index contributed by atoms with van der Waals surface area (Å²) in [5.74, 6) is -4.74. The average molecular weight is 276 g/mol. The van der Waals surface area contributed by atoms with Crippen LogP contribution in [0.25, 0.3) is 0 Å². The molecule has 0 spiro atoms. The predicted molar refractivity (Wildman–Crippen MR) is 60.5 cm³/mol. The average Bonchev–Trinajstić information content (AvgIpc) is 2.26. The first-order valence-corrected chi connectivity index (χ1v) is 6.00. The molecule has 0 aliphatic rings. The summed E-state index contributed by atoms with van der Waals surface area (Å²) in [6.45, 7) is 4.78. The lowest BCUT2D eigenvalue weighted by molar-refractivity contribution is -0.302. The highest BCUT2D eigenvalue weighted by atomic mass is 19.4. The zero-order valence-electron chi connectivity index (χ0n) is 10.9. The standard InChI is InChI=1S/C11H21F5N2/c1-4-8(3)7-18(5-2)9(6-17)10(12,13)11(14,15)16/h8-9H,4-7,17H2,1-3H3. The minimum absolute atomic E-state index is 0.0445. The molecule has 110 valence electrons. The lowest BCUT2D eigenvalue weighted by Gasteiger charge is -2.37. The summed E-state index contributed by atoms with van der Waals surface area (Å²) in [5.41, 5.74) is 5.13. The molecule has 0 heterocycles. The molecule has 2 unspecified atom stereocenters. The molecule has 0 aromatic rings. The Hall–Kier alpha value is -0.430. The number of alkyl halides is 5. The summed E-state index contributed by atoms with van der Waals surface area (Å²) >= 11 is 0. The van der Waals surface area contributed by atoms with E-state index in [0.717, 1.165) is 4.90 Å². The van der Waals surface area contributed by atoms with Crippen LogP contribution in [-0.2, 0) is 0 Å². The van der Waals surface area contributed by atoms with Gasteiger partial charge in [0.2, 0.25) is 0 Å². The van der Waals surface area contributed by atoms with E-state index in [2.05, 4.69) is 0 Å². The van der Waals surface area contributed by atoms with E-state index in [4.69, 9.17) is 5.73 Å². The lowest BCUT2D eigenvalue weighted by atomic mass is 10.0. The van der Waals surface area contributed by atoms with E-state index in [-0.39, 0.29) is 19.0 Å². The Morgan fingerprint density at radius 2 is 1.61 bits per heavy atom. The van der Waals surface area contributed by atoms with Crippen molar-refractivity contribution in [3.63, 3.8) is 0 Å². The molecule has 0 rings (SSSR count). The summed E-state index contributed by atoms with van der Waals surface area (Å²) in [6, 6.07) is -2.00. The van der Waals surface area contributed by atoms with Crippen LogP contribution in [-0.4, -0.2) is 42.7 Å². The first-order chi connectivity index (χ1) is 8.11. The molecule has 0 aromatic heterocycles. The van der Waals surface area contributed by atoms with Gasteiger partial charge in [-0.15, -0.1) is 0 Å². The molecule has 0 saturated heterocycles. The second-order valence-electron chi connectivity index (χ2n) is 4.47. The van der Waals surface area contributed by atoms with Gasteiger partial charge in [-0.1, -0.05) is 27.2 Å². The number of halogens is 5. The van der Waals surface area contributed by atoms with Gasteiger partial charge in [-0.2, -0.15) is 22.0 Å². The van der Waals surface area contributed by atoms with Crippen molar-refractivity contribution < 1.29 is 22.0 Å². The minimum Gasteiger partial charge on any atom is -0.329 e. The maximum Gasteiger partial charge on any atom is 0.455 e. The Labute approximate surface area is 104 Å². The van der Waals surface area contributed by atoms with Crippen molar-refractivity contribution in [2.24, 2.45) is 11.7 Å². The summed E-state index contributed by atoms with van der Waals surface area (Å²) in [5, 5.41) is 0. The minimum atomic E-state index is -5.57. The summed E-state index contributed by atoms with van der Waals surface area (Å²) in [4.78, 5) is 1.11. The van der Waals surface area contributed by atoms with Gasteiger partial charge in [0.1, 0.15) is 0 Å². The first kappa shape index (κ1) is 17.6. The van der Waals surface area contributed by atoms with Crippen molar-refractivity contribution in [3.05, 3.63) is 0 Å². The molecule has 18 heavy (non-hydrogen) atoms. The third-order valence-electron chi connectivity index (χ3n) is 3.11. The number of likely N-dealkylation sites (N-methyl/N-ethyl adjacent to an activating group) is 1. The summed E-state index contributed by atoms with van der Waals surface area (Å²) in [7, 11) is 0. The molecule has 0 aromatic carbocycles. The van der Waals surface area contributed by atoms with Crippen molar-refractivity contribution in [1.29, 1.82) is 0 Å². The molecule has 2 N–H and O–H groups in total. The van der Waals surface area contributed by atoms with E-state index in [1.54, 1.807) is 6.92 Å². The fourth-order valence-electron chi connectivity index (χ4n) is 1.72. The van der Waals surface area contributed by atoms with E-state index < -0.39 is 24.7 Å². The van der Waals surface area contributed by atoms with Gasteiger partial charge in [-0.05, 0) is 12.5 Å². The van der Waals surface area contributed by atoms with Crippen molar-refractivity contribution >= 4 is 0 Å². The third kappa shape index (κ3) is 4.05. The number of hydrogen-bond donors (Lipinski definition) is 1. The van der Waals surface area contributed by atoms with Crippen LogP contribution >= 0.6 is 0 Å². The van der Waals surface area contributed by atoms with E-state index in [1.165, 1.54) is 0 Å². The molecule has 2 nitrogen and oxygen atoms in total. The summed E-state index contributed by atoms with van der Waals surface area (Å²) < 4.78 is 63.7. The molecule has 0 aliphatic carbocycles. The molecule has 0 fully saturated rings. The quantitative estimate of drug-likeness (QED) is 0.724. The molecule has 0 bridgehead atoms. The Balaban J connectivity index is 5.03. The highest BCUT2D eigenvalue weighted by Gasteiger charge is 2.63. The molecule has 2 atom stereocenters. The van der Waals surface area contributed by atoms with E-state index in [9.17, 15) is 22.0 Å². The maximum atomic E-state index is 13.3. The van der Waals surface area contributed by atoms with E-state index >= 15 is 0 Å². The number of nitrogens with two attached hydrogens (primary N) is 1. The first-order valence-electron chi connectivity index (χ1n) is 6.00. The zero-order chi connectivity index (χ0) is 14.6. The van der Waals surface area contributed by atoms with Crippen molar-refractivity contribution in [2.75, 3.05) is 19.6 Å². The van der Waals surface area contributed by atoms with E-state index in [1.807, 2.05) is 13.8 Å². The van der Waals surface area contributed by atoms with Gasteiger partial charge in [-0.25, -0.2) is 0 Å². The van der Waals surface area contributed by atoms with Gasteiger partial charge in [-0.3, -0.25) is 4.90 Å². The molecular formula is C11H21F5N2. The highest BCUT2D eigenvalue weighted by Crippen LogP contribution is 2.39. The zero-order valence-corrected chi connectivity index (χ0v) is 10.9. The second kappa shape index (κ2) is 6.65. The fraction of sp³-hybridized carbons (Fsp3) is 1.00. The second-order valence-corrected chi connectivity index (χ2v) is 4.47. The Bertz CT molecular complexity index is 242. The lowest BCUT2D eigenvalue weighted by Crippen LogP contribution is -2.59. The van der Waals surface area contributed by atoms with Crippen LogP contribution in [0.4, 0.5) is 22.0 Å². The van der Waals surface area contributed by atoms with Crippen LogP contribution in [0.3, 0.4) is 0 Å². The van der Waals surface area contributed by atoms with Gasteiger partial charge in [0.25, 0.3) is 0 Å². The van der Waals surface area contributed by atoms with Gasteiger partial charge >= 0.3 is 12.1 Å². The highest BCUT2D eigenvalue weighted by molar-refractivity contribution is 4.92. The van der Waals surface area contributed by atoms with Gasteiger partial charge < -0.3 is 5.73 Å². The molecule has 0 aliphatic heterocycles. The Morgan fingerprint density at radius 1 is 1.11 bits per heavy atom. The van der Waals surface area contributed by atoms with Crippen LogP contribution < -0.4 is 5.73 Å². The van der Waals surface area contributed by atoms with Crippen molar-refractivity contribution in [1.82, 2.24) is 4.90 Å². The normalized spacial score (nSPS) is 17.0. The largest absolute Gasteiger partial charge is 0.455 e. The molecule has 7 heteroatoms. The molecule has 0 saturated carbocycles. The van der Waals surface area contributed by atoms with Gasteiger partial charge in [0.05, 0.1) is 6.04 Å². The maximum absolute atomic E-state index is 13.3. The van der Waals surface area contributed by atoms with Crippen LogP contribution in [0.2, 0.25) is 0 Å². The molecule has 0 radical (unpaired) electrons. The van der Waals surface area contributed by atoms with Crippen LogP contribution in [0.1, 0.15) is 27.2 Å².